The van der Waals surface area contributed by atoms with Crippen LogP contribution >= 0.6 is 12.4 Å². The first-order valence-corrected chi connectivity index (χ1v) is 7.73. The van der Waals surface area contributed by atoms with E-state index < -0.39 is 0 Å². The van der Waals surface area contributed by atoms with Crippen molar-refractivity contribution in [2.24, 2.45) is 0 Å². The van der Waals surface area contributed by atoms with E-state index in [1.165, 1.54) is 0 Å². The van der Waals surface area contributed by atoms with Gasteiger partial charge in [-0.05, 0) is 31.0 Å². The Kier molecular flexibility index (Phi) is 10.5. The Hall–Kier alpha value is -1.42. The number of amidine groups is 1. The highest BCUT2D eigenvalue weighted by Crippen LogP contribution is 2.25. The predicted molar refractivity (Wildman–Crippen MR) is 95.0 cm³/mol. The van der Waals surface area contributed by atoms with Crippen LogP contribution in [0.2, 0.25) is 0 Å². The van der Waals surface area contributed by atoms with Gasteiger partial charge in [0.25, 0.3) is 0 Å². The van der Waals surface area contributed by atoms with Crippen LogP contribution in [0.4, 0.5) is 0 Å². The molecule has 5 heteroatoms. The third-order valence-electron chi connectivity index (χ3n) is 3.54. The van der Waals surface area contributed by atoms with Crippen molar-refractivity contribution in [2.75, 3.05) is 27.3 Å². The summed E-state index contributed by atoms with van der Waals surface area (Å²) in [5.74, 6) is 1.99. The number of hydrogen-bond acceptors (Lipinski definition) is 3. The molecule has 1 aromatic rings. The summed E-state index contributed by atoms with van der Waals surface area (Å²) in [4.78, 5) is 2.14. The third kappa shape index (κ3) is 5.76. The Morgan fingerprint density at radius 2 is 1.64 bits per heavy atom. The van der Waals surface area contributed by atoms with Gasteiger partial charge >= 0.3 is 0 Å². The number of hydrogen-bond donors (Lipinski definition) is 1. The molecule has 0 bridgehead atoms. The second-order valence-corrected chi connectivity index (χ2v) is 5.11. The third-order valence-corrected chi connectivity index (χ3v) is 3.54. The standard InChI is InChI=1S/C17H28N2O2.ClH/c1-5-7-11-19(12-8-6-2)17(18)15-13-14(20-3)9-10-16(15)21-4;/h9-10,13,18H,5-8,11-12H2,1-4H3;1H. The lowest BCUT2D eigenvalue weighted by Crippen LogP contribution is -2.33. The first kappa shape index (κ1) is 20.6. The van der Waals surface area contributed by atoms with Crippen molar-refractivity contribution in [3.05, 3.63) is 23.8 Å². The zero-order valence-electron chi connectivity index (χ0n) is 14.1. The zero-order chi connectivity index (χ0) is 15.7. The quantitative estimate of drug-likeness (QED) is 0.541. The van der Waals surface area contributed by atoms with E-state index in [1.807, 2.05) is 18.2 Å². The van der Waals surface area contributed by atoms with Gasteiger partial charge in [-0.2, -0.15) is 0 Å². The second kappa shape index (κ2) is 11.2. The van der Waals surface area contributed by atoms with Crippen LogP contribution < -0.4 is 9.47 Å². The zero-order valence-corrected chi connectivity index (χ0v) is 15.0. The van der Waals surface area contributed by atoms with Gasteiger partial charge in [0.05, 0.1) is 19.8 Å². The van der Waals surface area contributed by atoms with Crippen LogP contribution in [0.1, 0.15) is 45.1 Å². The maximum absolute atomic E-state index is 8.55. The van der Waals surface area contributed by atoms with E-state index in [4.69, 9.17) is 14.9 Å². The van der Waals surface area contributed by atoms with Gasteiger partial charge in [0.15, 0.2) is 0 Å². The first-order chi connectivity index (χ1) is 10.2. The van der Waals surface area contributed by atoms with Crippen LogP contribution in [0.25, 0.3) is 0 Å². The van der Waals surface area contributed by atoms with Gasteiger partial charge in [-0.3, -0.25) is 5.41 Å². The molecule has 1 rings (SSSR count). The molecule has 0 heterocycles. The fraction of sp³-hybridized carbons (Fsp3) is 0.588. The maximum Gasteiger partial charge on any atom is 0.131 e. The highest BCUT2D eigenvalue weighted by Gasteiger charge is 2.16. The normalized spacial score (nSPS) is 9.82. The molecular weight excluding hydrogens is 300 g/mol. The summed E-state index contributed by atoms with van der Waals surface area (Å²) in [7, 11) is 3.28. The molecule has 0 amide bonds. The number of rotatable bonds is 9. The van der Waals surface area contributed by atoms with Crippen molar-refractivity contribution >= 4 is 18.2 Å². The number of ether oxygens (including phenoxy) is 2. The predicted octanol–water partition coefficient (Wildman–Crippen LogP) is 4.35. The fourth-order valence-electron chi connectivity index (χ4n) is 2.20. The summed E-state index contributed by atoms with van der Waals surface area (Å²) in [6, 6.07) is 5.60. The molecule has 0 aromatic heterocycles. The van der Waals surface area contributed by atoms with Crippen LogP contribution in [0.5, 0.6) is 11.5 Å². The Bertz CT molecular complexity index is 444. The van der Waals surface area contributed by atoms with Crippen molar-refractivity contribution in [1.29, 1.82) is 5.41 Å². The number of halogens is 1. The Balaban J connectivity index is 0.00000441. The average Bonchev–Trinajstić information content (AvgIpc) is 2.53. The summed E-state index contributed by atoms with van der Waals surface area (Å²) in [6.07, 6.45) is 4.45. The van der Waals surface area contributed by atoms with Crippen LogP contribution in [-0.2, 0) is 0 Å². The van der Waals surface area contributed by atoms with Gasteiger partial charge < -0.3 is 14.4 Å². The van der Waals surface area contributed by atoms with Gasteiger partial charge in [0.2, 0.25) is 0 Å². The van der Waals surface area contributed by atoms with Gasteiger partial charge in [-0.1, -0.05) is 26.7 Å². The van der Waals surface area contributed by atoms with Crippen molar-refractivity contribution in [3.63, 3.8) is 0 Å². The summed E-state index contributed by atoms with van der Waals surface area (Å²) < 4.78 is 10.7. The van der Waals surface area contributed by atoms with E-state index in [0.29, 0.717) is 5.84 Å². The van der Waals surface area contributed by atoms with E-state index >= 15 is 0 Å². The Morgan fingerprint density at radius 3 is 2.09 bits per heavy atom. The smallest absolute Gasteiger partial charge is 0.131 e. The van der Waals surface area contributed by atoms with Gasteiger partial charge in [0, 0.05) is 13.1 Å². The molecule has 0 aliphatic carbocycles. The molecule has 4 nitrogen and oxygen atoms in total. The molecular formula is C17H29ClN2O2. The van der Waals surface area contributed by atoms with Crippen molar-refractivity contribution in [3.8, 4) is 11.5 Å². The topological polar surface area (TPSA) is 45.6 Å². The average molecular weight is 329 g/mol. The largest absolute Gasteiger partial charge is 0.497 e. The SMILES string of the molecule is CCCCN(CCCC)C(=N)c1cc(OC)ccc1OC.Cl. The molecule has 0 radical (unpaired) electrons. The van der Waals surface area contributed by atoms with E-state index in [-0.39, 0.29) is 12.4 Å². The minimum Gasteiger partial charge on any atom is -0.497 e. The number of methoxy groups -OCH3 is 2. The molecule has 0 atom stereocenters. The van der Waals surface area contributed by atoms with E-state index in [2.05, 4.69) is 18.7 Å². The van der Waals surface area contributed by atoms with E-state index in [0.717, 1.165) is 55.8 Å². The number of benzene rings is 1. The van der Waals surface area contributed by atoms with Crippen LogP contribution in [0.15, 0.2) is 18.2 Å². The highest BCUT2D eigenvalue weighted by atomic mass is 35.5. The fourth-order valence-corrected chi connectivity index (χ4v) is 2.20. The molecule has 0 saturated carbocycles. The second-order valence-electron chi connectivity index (χ2n) is 5.11. The number of nitrogens with zero attached hydrogens (tertiary/aromatic N) is 1. The van der Waals surface area contributed by atoms with Crippen molar-refractivity contribution < 1.29 is 9.47 Å². The minimum atomic E-state index is 0. The number of unbranched alkanes of at least 4 members (excludes halogenated alkanes) is 2. The molecule has 0 aliphatic heterocycles. The van der Waals surface area contributed by atoms with Crippen LogP contribution in [0, 0.1) is 5.41 Å². The Labute approximate surface area is 140 Å². The monoisotopic (exact) mass is 328 g/mol. The lowest BCUT2D eigenvalue weighted by atomic mass is 10.1. The minimum absolute atomic E-state index is 0. The first-order valence-electron chi connectivity index (χ1n) is 7.73. The van der Waals surface area contributed by atoms with E-state index in [9.17, 15) is 0 Å². The van der Waals surface area contributed by atoms with Crippen LogP contribution in [0.3, 0.4) is 0 Å². The van der Waals surface area contributed by atoms with Gasteiger partial charge in [-0.25, -0.2) is 0 Å². The lowest BCUT2D eigenvalue weighted by Gasteiger charge is -2.26. The van der Waals surface area contributed by atoms with Gasteiger partial charge in [-0.15, -0.1) is 12.4 Å². The summed E-state index contributed by atoms with van der Waals surface area (Å²) in [5.41, 5.74) is 0.795. The van der Waals surface area contributed by atoms with Crippen molar-refractivity contribution in [1.82, 2.24) is 4.90 Å². The molecule has 126 valence electrons. The summed E-state index contributed by atoms with van der Waals surface area (Å²) in [6.45, 7) is 6.17. The molecule has 0 aliphatic rings. The molecule has 0 spiro atoms. The number of nitrogens with one attached hydrogen (secondary N) is 1. The van der Waals surface area contributed by atoms with Gasteiger partial charge in [0.1, 0.15) is 17.3 Å². The summed E-state index contributed by atoms with van der Waals surface area (Å²) >= 11 is 0. The Morgan fingerprint density at radius 1 is 1.05 bits per heavy atom. The molecule has 1 aromatic carbocycles. The molecule has 0 saturated heterocycles. The molecule has 22 heavy (non-hydrogen) atoms. The summed E-state index contributed by atoms with van der Waals surface area (Å²) in [5, 5.41) is 8.55. The highest BCUT2D eigenvalue weighted by molar-refractivity contribution is 5.99. The lowest BCUT2D eigenvalue weighted by molar-refractivity contribution is 0.385. The van der Waals surface area contributed by atoms with Crippen molar-refractivity contribution in [2.45, 2.75) is 39.5 Å². The van der Waals surface area contributed by atoms with E-state index in [1.54, 1.807) is 14.2 Å². The molecule has 0 unspecified atom stereocenters. The van der Waals surface area contributed by atoms with Crippen LogP contribution in [-0.4, -0.2) is 38.0 Å². The maximum atomic E-state index is 8.55. The molecule has 1 N–H and O–H groups in total. The molecule has 0 fully saturated rings.